The van der Waals surface area contributed by atoms with Gasteiger partial charge in [-0.1, -0.05) is 11.6 Å². The molecule has 0 aliphatic heterocycles. The van der Waals surface area contributed by atoms with Crippen LogP contribution in [0.3, 0.4) is 0 Å². The van der Waals surface area contributed by atoms with Crippen molar-refractivity contribution in [2.75, 3.05) is 7.11 Å². The first-order valence-electron chi connectivity index (χ1n) is 6.28. The Morgan fingerprint density at radius 1 is 1.32 bits per heavy atom. The van der Waals surface area contributed by atoms with Crippen LogP contribution in [0.4, 0.5) is 4.39 Å². The molecule has 0 unspecified atom stereocenters. The summed E-state index contributed by atoms with van der Waals surface area (Å²) in [6.07, 6.45) is 1.42. The molecule has 1 aromatic heterocycles. The molecule has 0 saturated carbocycles. The first kappa shape index (κ1) is 16.7. The van der Waals surface area contributed by atoms with Crippen LogP contribution in [0.5, 0.6) is 5.75 Å². The fourth-order valence-corrected chi connectivity index (χ4v) is 3.19. The van der Waals surface area contributed by atoms with Crippen LogP contribution in [0.2, 0.25) is 5.02 Å². The van der Waals surface area contributed by atoms with E-state index in [1.165, 1.54) is 32.4 Å². The molecule has 5 nitrogen and oxygen atoms in total. The fraction of sp³-hybridized carbons (Fsp3) is 0.214. The average molecular weight is 345 g/mol. The number of aromatic nitrogens is 1. The van der Waals surface area contributed by atoms with Crippen LogP contribution in [-0.2, 0) is 16.6 Å². The van der Waals surface area contributed by atoms with Gasteiger partial charge in [-0.3, -0.25) is 4.98 Å². The summed E-state index contributed by atoms with van der Waals surface area (Å²) < 4.78 is 45.7. The summed E-state index contributed by atoms with van der Waals surface area (Å²) in [6.45, 7) is 1.36. The van der Waals surface area contributed by atoms with Crippen molar-refractivity contribution in [1.82, 2.24) is 9.71 Å². The normalized spacial score (nSPS) is 11.5. The van der Waals surface area contributed by atoms with E-state index in [9.17, 15) is 12.8 Å². The van der Waals surface area contributed by atoms with Crippen molar-refractivity contribution >= 4 is 21.6 Å². The molecule has 0 radical (unpaired) electrons. The Kier molecular flexibility index (Phi) is 5.00. The van der Waals surface area contributed by atoms with Gasteiger partial charge >= 0.3 is 0 Å². The molecule has 1 N–H and O–H groups in total. The molecule has 0 fully saturated rings. The van der Waals surface area contributed by atoms with Gasteiger partial charge in [0.25, 0.3) is 0 Å². The highest BCUT2D eigenvalue weighted by molar-refractivity contribution is 7.89. The number of nitrogens with zero attached hydrogens (tertiary/aromatic N) is 1. The van der Waals surface area contributed by atoms with Gasteiger partial charge in [0.1, 0.15) is 0 Å². The van der Waals surface area contributed by atoms with Gasteiger partial charge in [0, 0.05) is 11.8 Å². The maximum absolute atomic E-state index is 14.0. The van der Waals surface area contributed by atoms with Gasteiger partial charge in [0.2, 0.25) is 10.0 Å². The van der Waals surface area contributed by atoms with Gasteiger partial charge < -0.3 is 4.74 Å². The van der Waals surface area contributed by atoms with Crippen molar-refractivity contribution in [3.8, 4) is 5.75 Å². The highest BCUT2D eigenvalue weighted by Crippen LogP contribution is 2.25. The summed E-state index contributed by atoms with van der Waals surface area (Å²) in [5.74, 6) is -0.703. The topological polar surface area (TPSA) is 68.3 Å². The molecular weight excluding hydrogens is 331 g/mol. The number of pyridine rings is 1. The molecule has 0 amide bonds. The van der Waals surface area contributed by atoms with Crippen molar-refractivity contribution < 1.29 is 17.5 Å². The van der Waals surface area contributed by atoms with Gasteiger partial charge in [0.05, 0.1) is 29.3 Å². The molecule has 118 valence electrons. The fourth-order valence-electron chi connectivity index (χ4n) is 1.85. The molecule has 22 heavy (non-hydrogen) atoms. The van der Waals surface area contributed by atoms with Gasteiger partial charge in [-0.25, -0.2) is 17.5 Å². The lowest BCUT2D eigenvalue weighted by Crippen LogP contribution is -2.24. The number of rotatable bonds is 5. The van der Waals surface area contributed by atoms with Crippen LogP contribution >= 0.6 is 11.6 Å². The maximum Gasteiger partial charge on any atom is 0.241 e. The lowest BCUT2D eigenvalue weighted by atomic mass is 10.2. The number of hydrogen-bond donors (Lipinski definition) is 1. The molecule has 0 aliphatic carbocycles. The molecule has 0 aliphatic rings. The maximum atomic E-state index is 14.0. The van der Waals surface area contributed by atoms with E-state index in [2.05, 4.69) is 9.71 Å². The van der Waals surface area contributed by atoms with Gasteiger partial charge in [0.15, 0.2) is 11.6 Å². The smallest absolute Gasteiger partial charge is 0.241 e. The van der Waals surface area contributed by atoms with E-state index in [0.717, 1.165) is 0 Å². The third kappa shape index (κ3) is 3.55. The summed E-state index contributed by atoms with van der Waals surface area (Å²) in [5, 5.41) is 0.458. The van der Waals surface area contributed by atoms with E-state index < -0.39 is 15.8 Å². The molecule has 0 bridgehead atoms. The molecule has 2 aromatic rings. The number of ether oxygens (including phenoxy) is 1. The van der Waals surface area contributed by atoms with E-state index >= 15 is 0 Å². The minimum Gasteiger partial charge on any atom is -0.494 e. The van der Waals surface area contributed by atoms with Gasteiger partial charge in [-0.05, 0) is 31.2 Å². The summed E-state index contributed by atoms with van der Waals surface area (Å²) >= 11 is 5.71. The zero-order chi connectivity index (χ0) is 16.3. The molecule has 0 spiro atoms. The summed E-state index contributed by atoms with van der Waals surface area (Å²) in [5.41, 5.74) is 0.496. The monoisotopic (exact) mass is 344 g/mol. The first-order valence-corrected chi connectivity index (χ1v) is 8.14. The summed E-state index contributed by atoms with van der Waals surface area (Å²) in [7, 11) is -2.55. The van der Waals surface area contributed by atoms with Crippen LogP contribution < -0.4 is 9.46 Å². The van der Waals surface area contributed by atoms with E-state index in [1.807, 2.05) is 0 Å². The number of sulfonamides is 1. The van der Waals surface area contributed by atoms with Crippen LogP contribution in [0.15, 0.2) is 35.4 Å². The number of benzene rings is 1. The Bertz CT molecular complexity index is 779. The second kappa shape index (κ2) is 6.60. The SMILES string of the molecule is COc1ccc(S(=O)(=O)NCc2ccc(Cl)cn2)c(C)c1F. The predicted molar refractivity (Wildman–Crippen MR) is 81.0 cm³/mol. The largest absolute Gasteiger partial charge is 0.494 e. The number of nitrogens with one attached hydrogen (secondary N) is 1. The first-order chi connectivity index (χ1) is 10.3. The number of halogens is 2. The number of hydrogen-bond acceptors (Lipinski definition) is 4. The van der Waals surface area contributed by atoms with Crippen molar-refractivity contribution in [3.05, 3.63) is 52.6 Å². The molecular formula is C14H14ClFN2O3S. The van der Waals surface area contributed by atoms with Crippen molar-refractivity contribution in [2.24, 2.45) is 0 Å². The molecule has 0 atom stereocenters. The Morgan fingerprint density at radius 2 is 2.05 bits per heavy atom. The standard InChI is InChI=1S/C14H14ClFN2O3S/c1-9-13(6-5-12(21-2)14(9)16)22(19,20)18-8-11-4-3-10(15)7-17-11/h3-7,18H,8H2,1-2H3. The van der Waals surface area contributed by atoms with Crippen LogP contribution in [0, 0.1) is 12.7 Å². The molecule has 8 heteroatoms. The molecule has 1 heterocycles. The highest BCUT2D eigenvalue weighted by atomic mass is 35.5. The Hall–Kier alpha value is -1.70. The van der Waals surface area contributed by atoms with Crippen molar-refractivity contribution in [3.63, 3.8) is 0 Å². The zero-order valence-corrected chi connectivity index (χ0v) is 13.5. The molecule has 0 saturated heterocycles. The molecule has 2 rings (SSSR count). The highest BCUT2D eigenvalue weighted by Gasteiger charge is 2.21. The van der Waals surface area contributed by atoms with Crippen LogP contribution in [-0.4, -0.2) is 20.5 Å². The van der Waals surface area contributed by atoms with Crippen molar-refractivity contribution in [1.29, 1.82) is 0 Å². The summed E-state index contributed by atoms with van der Waals surface area (Å²) in [4.78, 5) is 3.85. The van der Waals surface area contributed by atoms with Crippen LogP contribution in [0.1, 0.15) is 11.3 Å². The Balaban J connectivity index is 2.24. The second-order valence-corrected chi connectivity index (χ2v) is 6.67. The Labute approximate surface area is 133 Å². The minimum atomic E-state index is -3.87. The summed E-state index contributed by atoms with van der Waals surface area (Å²) in [6, 6.07) is 5.79. The zero-order valence-electron chi connectivity index (χ0n) is 11.9. The molecule has 1 aromatic carbocycles. The number of methoxy groups -OCH3 is 1. The van der Waals surface area contributed by atoms with E-state index in [1.54, 1.807) is 12.1 Å². The third-order valence-corrected chi connectivity index (χ3v) is 4.81. The van der Waals surface area contributed by atoms with Crippen molar-refractivity contribution in [2.45, 2.75) is 18.4 Å². The van der Waals surface area contributed by atoms with Gasteiger partial charge in [-0.2, -0.15) is 0 Å². The average Bonchev–Trinajstić information content (AvgIpc) is 2.49. The van der Waals surface area contributed by atoms with E-state index in [0.29, 0.717) is 10.7 Å². The third-order valence-electron chi connectivity index (χ3n) is 3.04. The van der Waals surface area contributed by atoms with Crippen LogP contribution in [0.25, 0.3) is 0 Å². The lowest BCUT2D eigenvalue weighted by molar-refractivity contribution is 0.384. The lowest BCUT2D eigenvalue weighted by Gasteiger charge is -2.11. The Morgan fingerprint density at radius 3 is 2.64 bits per heavy atom. The quantitative estimate of drug-likeness (QED) is 0.905. The van der Waals surface area contributed by atoms with E-state index in [-0.39, 0.29) is 22.8 Å². The predicted octanol–water partition coefficient (Wildman–Crippen LogP) is 2.67. The van der Waals surface area contributed by atoms with Gasteiger partial charge in [-0.15, -0.1) is 0 Å². The minimum absolute atomic E-state index is 0.00378. The second-order valence-electron chi connectivity index (χ2n) is 4.50. The van der Waals surface area contributed by atoms with E-state index in [4.69, 9.17) is 16.3 Å².